The summed E-state index contributed by atoms with van der Waals surface area (Å²) in [4.78, 5) is 0.375. The smallest absolute Gasteiger partial charge is 0.241 e. The van der Waals surface area contributed by atoms with Crippen LogP contribution in [0, 0.1) is 6.92 Å². The number of fused-ring (bicyclic) bond motifs is 1. The number of rotatable bonds is 5. The Balaban J connectivity index is 2.41. The summed E-state index contributed by atoms with van der Waals surface area (Å²) in [7, 11) is -2.01. The fourth-order valence-electron chi connectivity index (χ4n) is 2.78. The van der Waals surface area contributed by atoms with Crippen LogP contribution >= 0.6 is 0 Å². The van der Waals surface area contributed by atoms with Gasteiger partial charge in [-0.2, -0.15) is 0 Å². The standard InChI is InChI=1S/C15H24N2O3S/c1-11-7-8-13(12-6-5-9-16-14(11)12)21(18,19)17-15(2,3)10-20-4/h7-8,16-17H,5-6,9-10H2,1-4H3. The molecule has 6 heteroatoms. The molecule has 5 nitrogen and oxygen atoms in total. The molecule has 2 N–H and O–H groups in total. The summed E-state index contributed by atoms with van der Waals surface area (Å²) in [6, 6.07) is 3.56. The highest BCUT2D eigenvalue weighted by Crippen LogP contribution is 2.31. The number of ether oxygens (including phenoxy) is 1. The number of methoxy groups -OCH3 is 1. The van der Waals surface area contributed by atoms with Gasteiger partial charge >= 0.3 is 0 Å². The van der Waals surface area contributed by atoms with E-state index in [0.717, 1.165) is 36.2 Å². The monoisotopic (exact) mass is 312 g/mol. The first-order chi connectivity index (χ1) is 9.77. The van der Waals surface area contributed by atoms with E-state index in [1.807, 2.05) is 26.8 Å². The molecule has 118 valence electrons. The highest BCUT2D eigenvalue weighted by atomic mass is 32.2. The number of anilines is 1. The lowest BCUT2D eigenvalue weighted by Crippen LogP contribution is -2.46. The first-order valence-electron chi connectivity index (χ1n) is 7.16. The van der Waals surface area contributed by atoms with Gasteiger partial charge in [0.15, 0.2) is 0 Å². The van der Waals surface area contributed by atoms with E-state index in [0.29, 0.717) is 11.5 Å². The van der Waals surface area contributed by atoms with Crippen LogP contribution in [0.4, 0.5) is 5.69 Å². The van der Waals surface area contributed by atoms with E-state index < -0.39 is 15.6 Å². The molecule has 21 heavy (non-hydrogen) atoms. The maximum absolute atomic E-state index is 12.7. The average Bonchev–Trinajstić information content (AvgIpc) is 2.37. The van der Waals surface area contributed by atoms with E-state index in [4.69, 9.17) is 4.74 Å². The third-order valence-electron chi connectivity index (χ3n) is 3.59. The Morgan fingerprint density at radius 3 is 2.76 bits per heavy atom. The van der Waals surface area contributed by atoms with Gasteiger partial charge in [0.25, 0.3) is 0 Å². The van der Waals surface area contributed by atoms with Gasteiger partial charge in [-0.3, -0.25) is 0 Å². The molecule has 0 aromatic heterocycles. The van der Waals surface area contributed by atoms with Crippen LogP contribution in [0.25, 0.3) is 0 Å². The highest BCUT2D eigenvalue weighted by Gasteiger charge is 2.29. The summed E-state index contributed by atoms with van der Waals surface area (Å²) < 4.78 is 33.2. The molecule has 0 aliphatic carbocycles. The summed E-state index contributed by atoms with van der Waals surface area (Å²) >= 11 is 0. The molecule has 0 saturated heterocycles. The van der Waals surface area contributed by atoms with Gasteiger partial charge in [0, 0.05) is 19.3 Å². The molecule has 1 aromatic carbocycles. The van der Waals surface area contributed by atoms with Crippen LogP contribution in [0.1, 0.15) is 31.4 Å². The first kappa shape index (κ1) is 16.3. The first-order valence-corrected chi connectivity index (χ1v) is 8.64. The second kappa shape index (κ2) is 5.94. The average molecular weight is 312 g/mol. The van der Waals surface area contributed by atoms with Crippen LogP contribution < -0.4 is 10.0 Å². The predicted molar refractivity (Wildman–Crippen MR) is 84.3 cm³/mol. The molecule has 0 amide bonds. The third-order valence-corrected chi connectivity index (χ3v) is 5.37. The maximum Gasteiger partial charge on any atom is 0.241 e. The molecule has 1 heterocycles. The topological polar surface area (TPSA) is 67.4 Å². The van der Waals surface area contributed by atoms with Gasteiger partial charge in [0.1, 0.15) is 0 Å². The number of hydrogen-bond acceptors (Lipinski definition) is 4. The molecule has 0 bridgehead atoms. The predicted octanol–water partition coefficient (Wildman–Crippen LogP) is 2.06. The van der Waals surface area contributed by atoms with Crippen molar-refractivity contribution < 1.29 is 13.2 Å². The Kier molecular flexibility index (Phi) is 4.60. The van der Waals surface area contributed by atoms with E-state index in [-0.39, 0.29) is 0 Å². The van der Waals surface area contributed by atoms with Gasteiger partial charge in [0.05, 0.1) is 17.0 Å². The Bertz CT molecular complexity index is 624. The minimum absolute atomic E-state index is 0.318. The zero-order chi connectivity index (χ0) is 15.7. The summed E-state index contributed by atoms with van der Waals surface area (Å²) in [6.07, 6.45) is 1.73. The number of aryl methyl sites for hydroxylation is 1. The van der Waals surface area contributed by atoms with Crippen molar-refractivity contribution in [3.63, 3.8) is 0 Å². The van der Waals surface area contributed by atoms with E-state index in [1.165, 1.54) is 0 Å². The highest BCUT2D eigenvalue weighted by molar-refractivity contribution is 7.89. The van der Waals surface area contributed by atoms with Crippen LogP contribution in [-0.4, -0.2) is 34.2 Å². The molecule has 0 fully saturated rings. The van der Waals surface area contributed by atoms with Crippen LogP contribution in [0.5, 0.6) is 0 Å². The van der Waals surface area contributed by atoms with Gasteiger partial charge in [-0.25, -0.2) is 13.1 Å². The fraction of sp³-hybridized carbons (Fsp3) is 0.600. The number of nitrogens with one attached hydrogen (secondary N) is 2. The molecule has 1 aliphatic heterocycles. The van der Waals surface area contributed by atoms with Gasteiger partial charge in [-0.05, 0) is 50.8 Å². The maximum atomic E-state index is 12.7. The molecular formula is C15H24N2O3S. The molecule has 0 atom stereocenters. The van der Waals surface area contributed by atoms with E-state index >= 15 is 0 Å². The lowest BCUT2D eigenvalue weighted by molar-refractivity contribution is 0.141. The molecule has 2 rings (SSSR count). The second-order valence-corrected chi connectivity index (χ2v) is 7.84. The minimum atomic E-state index is -3.57. The summed E-state index contributed by atoms with van der Waals surface area (Å²) in [5, 5.41) is 3.31. The SMILES string of the molecule is COCC(C)(C)NS(=O)(=O)c1ccc(C)c2c1CCCN2. The Morgan fingerprint density at radius 2 is 2.10 bits per heavy atom. The Morgan fingerprint density at radius 1 is 1.38 bits per heavy atom. The van der Waals surface area contributed by atoms with E-state index in [2.05, 4.69) is 10.0 Å². The molecule has 0 unspecified atom stereocenters. The molecule has 0 saturated carbocycles. The number of hydrogen-bond donors (Lipinski definition) is 2. The molecule has 1 aromatic rings. The van der Waals surface area contributed by atoms with Gasteiger partial charge < -0.3 is 10.1 Å². The molecule has 1 aliphatic rings. The van der Waals surface area contributed by atoms with E-state index in [9.17, 15) is 8.42 Å². The largest absolute Gasteiger partial charge is 0.385 e. The molecule has 0 spiro atoms. The summed E-state index contributed by atoms with van der Waals surface area (Å²) in [6.45, 7) is 6.83. The Hall–Kier alpha value is -1.11. The van der Waals surface area contributed by atoms with Gasteiger partial charge in [0.2, 0.25) is 10.0 Å². The van der Waals surface area contributed by atoms with Crippen molar-refractivity contribution in [2.75, 3.05) is 25.6 Å². The van der Waals surface area contributed by atoms with Crippen LogP contribution in [0.3, 0.4) is 0 Å². The van der Waals surface area contributed by atoms with Crippen molar-refractivity contribution in [2.24, 2.45) is 0 Å². The number of sulfonamides is 1. The fourth-order valence-corrected chi connectivity index (χ4v) is 4.45. The normalized spacial score (nSPS) is 15.4. The number of benzene rings is 1. The molecular weight excluding hydrogens is 288 g/mol. The van der Waals surface area contributed by atoms with Crippen molar-refractivity contribution in [3.05, 3.63) is 23.3 Å². The minimum Gasteiger partial charge on any atom is -0.385 e. The van der Waals surface area contributed by atoms with Gasteiger partial charge in [-0.15, -0.1) is 0 Å². The lowest BCUT2D eigenvalue weighted by Gasteiger charge is -2.27. The summed E-state index contributed by atoms with van der Waals surface area (Å²) in [5.74, 6) is 0. The van der Waals surface area contributed by atoms with E-state index in [1.54, 1.807) is 13.2 Å². The molecule has 0 radical (unpaired) electrons. The Labute approximate surface area is 127 Å². The second-order valence-electron chi connectivity index (χ2n) is 6.19. The van der Waals surface area contributed by atoms with Crippen molar-refractivity contribution in [1.29, 1.82) is 0 Å². The quantitative estimate of drug-likeness (QED) is 0.873. The zero-order valence-electron chi connectivity index (χ0n) is 13.1. The van der Waals surface area contributed by atoms with Crippen molar-refractivity contribution >= 4 is 15.7 Å². The van der Waals surface area contributed by atoms with Gasteiger partial charge in [-0.1, -0.05) is 6.07 Å². The van der Waals surface area contributed by atoms with Crippen LogP contribution in [0.15, 0.2) is 17.0 Å². The van der Waals surface area contributed by atoms with Crippen LogP contribution in [-0.2, 0) is 21.2 Å². The van der Waals surface area contributed by atoms with Crippen molar-refractivity contribution in [1.82, 2.24) is 4.72 Å². The summed E-state index contributed by atoms with van der Waals surface area (Å²) in [5.41, 5.74) is 2.29. The van der Waals surface area contributed by atoms with Crippen molar-refractivity contribution in [3.8, 4) is 0 Å². The van der Waals surface area contributed by atoms with Crippen molar-refractivity contribution in [2.45, 2.75) is 44.0 Å². The lowest BCUT2D eigenvalue weighted by atomic mass is 10.00. The van der Waals surface area contributed by atoms with Crippen LogP contribution in [0.2, 0.25) is 0 Å². The zero-order valence-corrected chi connectivity index (χ0v) is 13.9. The third kappa shape index (κ3) is 3.56.